The van der Waals surface area contributed by atoms with Crippen LogP contribution < -0.4 is 15.4 Å². The number of nitrogens with one attached hydrogen (secondary N) is 2. The molecule has 1 aliphatic heterocycles. The number of hydrogen-bond donors (Lipinski definition) is 2. The van der Waals surface area contributed by atoms with Crippen molar-refractivity contribution in [3.8, 4) is 5.75 Å². The molecule has 166 valence electrons. The van der Waals surface area contributed by atoms with E-state index < -0.39 is 15.9 Å². The normalized spacial score (nSPS) is 19.5. The molecule has 31 heavy (non-hydrogen) atoms. The Labute approximate surface area is 190 Å². The lowest BCUT2D eigenvalue weighted by Crippen LogP contribution is -2.36. The number of amides is 2. The number of thiophene rings is 1. The number of halogens is 1. The van der Waals surface area contributed by atoms with Crippen LogP contribution >= 0.6 is 22.9 Å². The van der Waals surface area contributed by atoms with Gasteiger partial charge >= 0.3 is 0 Å². The molecule has 0 saturated carbocycles. The molecular weight excluding hydrogens is 460 g/mol. The Morgan fingerprint density at radius 2 is 1.90 bits per heavy atom. The molecule has 0 bridgehead atoms. The van der Waals surface area contributed by atoms with Crippen molar-refractivity contribution in [2.75, 3.05) is 23.4 Å². The predicted molar refractivity (Wildman–Crippen MR) is 121 cm³/mol. The van der Waals surface area contributed by atoms with Crippen LogP contribution in [0.15, 0.2) is 24.3 Å². The molecule has 0 unspecified atom stereocenters. The fourth-order valence-corrected chi connectivity index (χ4v) is 7.01. The summed E-state index contributed by atoms with van der Waals surface area (Å²) in [5.41, 5.74) is 1.42. The number of fused-ring (bicyclic) bond motifs is 1. The van der Waals surface area contributed by atoms with E-state index in [1.54, 1.807) is 24.3 Å². The number of ether oxygens (including phenoxy) is 1. The van der Waals surface area contributed by atoms with Gasteiger partial charge in [0.15, 0.2) is 16.4 Å². The van der Waals surface area contributed by atoms with Crippen LogP contribution in [0.3, 0.4) is 0 Å². The van der Waals surface area contributed by atoms with Crippen molar-refractivity contribution in [1.29, 1.82) is 0 Å². The second-order valence-corrected chi connectivity index (χ2v) is 11.5. The lowest BCUT2D eigenvalue weighted by atomic mass is 9.95. The van der Waals surface area contributed by atoms with E-state index in [2.05, 4.69) is 10.6 Å². The third-order valence-electron chi connectivity index (χ3n) is 5.40. The van der Waals surface area contributed by atoms with E-state index in [0.29, 0.717) is 27.8 Å². The van der Waals surface area contributed by atoms with Gasteiger partial charge < -0.3 is 15.4 Å². The third-order valence-corrected chi connectivity index (χ3v) is 8.63. The quantitative estimate of drug-likeness (QED) is 0.658. The zero-order chi connectivity index (χ0) is 22.0. The number of carbonyl (C=O) groups excluding carboxylic acids is 2. The summed E-state index contributed by atoms with van der Waals surface area (Å²) in [6, 6.07) is 6.30. The lowest BCUT2D eigenvalue weighted by molar-refractivity contribution is -0.118. The van der Waals surface area contributed by atoms with Gasteiger partial charge in [-0.15, -0.1) is 11.3 Å². The largest absolute Gasteiger partial charge is 0.484 e. The summed E-state index contributed by atoms with van der Waals surface area (Å²) in [6.45, 7) is -0.202. The fraction of sp³-hybridized carbons (Fsp3) is 0.429. The summed E-state index contributed by atoms with van der Waals surface area (Å²) >= 11 is 7.27. The second-order valence-electron chi connectivity index (χ2n) is 7.78. The maximum atomic E-state index is 13.1. The molecule has 2 aromatic rings. The number of rotatable bonds is 6. The number of anilines is 1. The van der Waals surface area contributed by atoms with Crippen molar-refractivity contribution < 1.29 is 22.7 Å². The molecule has 7 nitrogen and oxygen atoms in total. The van der Waals surface area contributed by atoms with Gasteiger partial charge in [-0.3, -0.25) is 9.59 Å². The number of sulfone groups is 1. The van der Waals surface area contributed by atoms with Crippen LogP contribution in [0.4, 0.5) is 5.00 Å². The Morgan fingerprint density at radius 3 is 2.61 bits per heavy atom. The maximum absolute atomic E-state index is 13.1. The zero-order valence-electron chi connectivity index (χ0n) is 16.8. The van der Waals surface area contributed by atoms with E-state index >= 15 is 0 Å². The molecule has 2 heterocycles. The lowest BCUT2D eigenvalue weighted by Gasteiger charge is -2.15. The van der Waals surface area contributed by atoms with Crippen molar-refractivity contribution in [2.45, 2.75) is 38.1 Å². The Hall–Kier alpha value is -2.10. The van der Waals surface area contributed by atoms with E-state index in [0.717, 1.165) is 36.1 Å². The molecule has 1 aromatic heterocycles. The predicted octanol–water partition coefficient (Wildman–Crippen LogP) is 3.21. The van der Waals surface area contributed by atoms with E-state index in [-0.39, 0.29) is 29.9 Å². The summed E-state index contributed by atoms with van der Waals surface area (Å²) in [6.07, 6.45) is 4.08. The number of hydrogen-bond acceptors (Lipinski definition) is 6. The highest BCUT2D eigenvalue weighted by molar-refractivity contribution is 7.91. The van der Waals surface area contributed by atoms with Crippen molar-refractivity contribution in [3.05, 3.63) is 45.3 Å². The van der Waals surface area contributed by atoms with Crippen LogP contribution in [0.1, 0.15) is 40.1 Å². The van der Waals surface area contributed by atoms with Crippen LogP contribution in [0.25, 0.3) is 0 Å². The van der Waals surface area contributed by atoms with Crippen molar-refractivity contribution >= 4 is 49.6 Å². The van der Waals surface area contributed by atoms with Crippen LogP contribution in [0.2, 0.25) is 5.02 Å². The molecule has 1 saturated heterocycles. The average Bonchev–Trinajstić information content (AvgIpc) is 3.26. The molecule has 1 aromatic carbocycles. The Balaban J connectivity index is 1.47. The van der Waals surface area contributed by atoms with Gasteiger partial charge in [-0.1, -0.05) is 11.6 Å². The first-order valence-electron chi connectivity index (χ1n) is 10.1. The minimum Gasteiger partial charge on any atom is -0.484 e. The van der Waals surface area contributed by atoms with Crippen LogP contribution in [-0.4, -0.2) is 44.4 Å². The Bertz CT molecular complexity index is 1100. The summed E-state index contributed by atoms with van der Waals surface area (Å²) in [4.78, 5) is 26.7. The Kier molecular flexibility index (Phi) is 6.55. The van der Waals surface area contributed by atoms with Crippen LogP contribution in [-0.2, 0) is 27.5 Å². The summed E-state index contributed by atoms with van der Waals surface area (Å²) in [7, 11) is -3.10. The first-order valence-corrected chi connectivity index (χ1v) is 13.2. The summed E-state index contributed by atoms with van der Waals surface area (Å²) < 4.78 is 29.0. The standard InChI is InChI=1S/C21H23ClN2O5S2/c22-13-5-7-15(8-6-13)29-11-18(25)24-21-19(16-3-1-2-4-17(16)30-21)20(26)23-14-9-10-31(27,28)12-14/h5-8,14H,1-4,9-12H2,(H,23,26)(H,24,25)/t14-/m0/s1. The van der Waals surface area contributed by atoms with E-state index in [1.807, 2.05) is 0 Å². The van der Waals surface area contributed by atoms with E-state index in [4.69, 9.17) is 16.3 Å². The van der Waals surface area contributed by atoms with E-state index in [9.17, 15) is 18.0 Å². The van der Waals surface area contributed by atoms with Crippen molar-refractivity contribution in [1.82, 2.24) is 5.32 Å². The number of benzene rings is 1. The minimum absolute atomic E-state index is 0.0400. The molecular formula is C21H23ClN2O5S2. The monoisotopic (exact) mass is 482 g/mol. The van der Waals surface area contributed by atoms with Crippen LogP contribution in [0, 0.1) is 0 Å². The molecule has 4 rings (SSSR count). The molecule has 1 atom stereocenters. The average molecular weight is 483 g/mol. The second kappa shape index (κ2) is 9.18. The fourth-order valence-electron chi connectivity index (χ4n) is 3.90. The molecule has 1 aliphatic carbocycles. The van der Waals surface area contributed by atoms with Crippen molar-refractivity contribution in [3.63, 3.8) is 0 Å². The topological polar surface area (TPSA) is 102 Å². The molecule has 10 heteroatoms. The molecule has 2 amide bonds. The van der Waals surface area contributed by atoms with Crippen molar-refractivity contribution in [2.24, 2.45) is 0 Å². The van der Waals surface area contributed by atoms with Gasteiger partial charge in [0.25, 0.3) is 11.8 Å². The Morgan fingerprint density at radius 1 is 1.16 bits per heavy atom. The number of carbonyl (C=O) groups is 2. The van der Waals surface area contributed by atoms with Gasteiger partial charge in [0.2, 0.25) is 0 Å². The van der Waals surface area contributed by atoms with Gasteiger partial charge in [-0.2, -0.15) is 0 Å². The molecule has 0 radical (unpaired) electrons. The maximum Gasteiger partial charge on any atom is 0.262 e. The van der Waals surface area contributed by atoms with E-state index in [1.165, 1.54) is 11.3 Å². The van der Waals surface area contributed by atoms with Gasteiger partial charge in [-0.05, 0) is 61.9 Å². The van der Waals surface area contributed by atoms with Gasteiger partial charge in [0.1, 0.15) is 10.8 Å². The molecule has 1 fully saturated rings. The molecule has 2 N–H and O–H groups in total. The highest BCUT2D eigenvalue weighted by atomic mass is 35.5. The zero-order valence-corrected chi connectivity index (χ0v) is 19.2. The highest BCUT2D eigenvalue weighted by Crippen LogP contribution is 2.38. The first kappa shape index (κ1) is 22.1. The van der Waals surface area contributed by atoms with Gasteiger partial charge in [0.05, 0.1) is 17.1 Å². The first-order chi connectivity index (χ1) is 14.8. The van der Waals surface area contributed by atoms with Gasteiger partial charge in [0, 0.05) is 15.9 Å². The third kappa shape index (κ3) is 5.39. The summed E-state index contributed by atoms with van der Waals surface area (Å²) in [5, 5.41) is 6.75. The smallest absolute Gasteiger partial charge is 0.262 e. The number of aryl methyl sites for hydroxylation is 1. The highest BCUT2D eigenvalue weighted by Gasteiger charge is 2.32. The summed E-state index contributed by atoms with van der Waals surface area (Å²) in [5.74, 6) is -0.126. The molecule has 2 aliphatic rings. The minimum atomic E-state index is -3.10. The van der Waals surface area contributed by atoms with Gasteiger partial charge in [-0.25, -0.2) is 8.42 Å². The SMILES string of the molecule is O=C(COc1ccc(Cl)cc1)Nc1sc2c(c1C(=O)N[C@H]1CCS(=O)(=O)C1)CCCC2. The van der Waals surface area contributed by atoms with Crippen LogP contribution in [0.5, 0.6) is 5.75 Å². The molecule has 0 spiro atoms.